The number of pyridine rings is 1. The van der Waals surface area contributed by atoms with E-state index in [0.717, 1.165) is 12.5 Å². The molecule has 9 nitrogen and oxygen atoms in total. The van der Waals surface area contributed by atoms with E-state index in [4.69, 9.17) is 28.8 Å². The summed E-state index contributed by atoms with van der Waals surface area (Å²) in [6.45, 7) is 3.57. The minimum atomic E-state index is -0.662. The number of rotatable bonds is 5. The second-order valence-electron chi connectivity index (χ2n) is 5.81. The van der Waals surface area contributed by atoms with Crippen LogP contribution in [0.5, 0.6) is 0 Å². The first-order valence-electron chi connectivity index (χ1n) is 8.04. The normalized spacial score (nSPS) is 11.7. The number of aliphatic imine (C=N–C) groups is 1. The predicted molar refractivity (Wildman–Crippen MR) is 111 cm³/mol. The topological polar surface area (TPSA) is 157 Å². The van der Waals surface area contributed by atoms with E-state index in [1.54, 1.807) is 0 Å². The van der Waals surface area contributed by atoms with E-state index in [0.29, 0.717) is 11.1 Å². The van der Waals surface area contributed by atoms with Crippen LogP contribution in [0.4, 0.5) is 15.9 Å². The molecule has 0 amide bonds. The van der Waals surface area contributed by atoms with Crippen molar-refractivity contribution in [3.63, 3.8) is 0 Å². The van der Waals surface area contributed by atoms with Crippen molar-refractivity contribution >= 4 is 40.3 Å². The highest BCUT2D eigenvalue weighted by Gasteiger charge is 2.17. The monoisotopic (exact) mass is 411 g/mol. The molecule has 29 heavy (non-hydrogen) atoms. The van der Waals surface area contributed by atoms with Gasteiger partial charge >= 0.3 is 0 Å². The van der Waals surface area contributed by atoms with Gasteiger partial charge in [-0.25, -0.2) is 19.0 Å². The van der Waals surface area contributed by atoms with E-state index in [9.17, 15) is 9.65 Å². The molecule has 0 radical (unpaired) electrons. The van der Waals surface area contributed by atoms with Crippen LogP contribution in [0.1, 0.15) is 5.56 Å². The molecule has 2 heterocycles. The highest BCUT2D eigenvalue weighted by Crippen LogP contribution is 2.30. The third-order valence-electron chi connectivity index (χ3n) is 3.72. The highest BCUT2D eigenvalue weighted by molar-refractivity contribution is 6.33. The van der Waals surface area contributed by atoms with Gasteiger partial charge in [-0.15, -0.1) is 0 Å². The Morgan fingerprint density at radius 3 is 2.86 bits per heavy atom. The van der Waals surface area contributed by atoms with Gasteiger partial charge in [0, 0.05) is 23.7 Å². The Morgan fingerprint density at radius 2 is 2.21 bits per heavy atom. The van der Waals surface area contributed by atoms with Gasteiger partial charge < -0.3 is 22.5 Å². The zero-order valence-corrected chi connectivity index (χ0v) is 15.7. The molecule has 11 heteroatoms. The number of halogens is 2. The van der Waals surface area contributed by atoms with E-state index in [-0.39, 0.29) is 39.1 Å². The van der Waals surface area contributed by atoms with Crippen molar-refractivity contribution in [3.8, 4) is 11.8 Å². The summed E-state index contributed by atoms with van der Waals surface area (Å²) in [5.41, 5.74) is 17.6. The molecule has 0 fully saturated rings. The van der Waals surface area contributed by atoms with Crippen LogP contribution < -0.4 is 22.5 Å². The van der Waals surface area contributed by atoms with E-state index in [1.165, 1.54) is 29.1 Å². The number of hydrogen-bond acceptors (Lipinski definition) is 7. The van der Waals surface area contributed by atoms with Gasteiger partial charge in [-0.05, 0) is 12.1 Å². The number of benzene rings is 1. The van der Waals surface area contributed by atoms with Crippen molar-refractivity contribution in [1.82, 2.24) is 14.8 Å². The molecule has 0 spiro atoms. The summed E-state index contributed by atoms with van der Waals surface area (Å²) >= 11 is 6.26. The molecule has 0 aliphatic heterocycles. The molecule has 0 bridgehead atoms. The maximum Gasteiger partial charge on any atom is 0.169 e. The van der Waals surface area contributed by atoms with Crippen molar-refractivity contribution in [2.45, 2.75) is 0 Å². The summed E-state index contributed by atoms with van der Waals surface area (Å²) in [5, 5.41) is 17.0. The number of nitrogens with one attached hydrogen (secondary N) is 1. The summed E-state index contributed by atoms with van der Waals surface area (Å²) in [4.78, 5) is 7.97. The lowest BCUT2D eigenvalue weighted by atomic mass is 10.1. The Labute approximate surface area is 169 Å². The summed E-state index contributed by atoms with van der Waals surface area (Å²) < 4.78 is 15.6. The molecule has 7 N–H and O–H groups in total. The fraction of sp³-hybridized carbons (Fsp3) is 0. The average Bonchev–Trinajstić information content (AvgIpc) is 3.09. The number of nitrogens with zero attached hydrogens (tertiary/aromatic N) is 5. The van der Waals surface area contributed by atoms with Gasteiger partial charge in [-0.2, -0.15) is 10.4 Å². The number of allylic oxidation sites excluding steroid dienone is 1. The van der Waals surface area contributed by atoms with Crippen LogP contribution >= 0.6 is 11.6 Å². The van der Waals surface area contributed by atoms with Crippen molar-refractivity contribution in [1.29, 1.82) is 5.26 Å². The van der Waals surface area contributed by atoms with Gasteiger partial charge in [0.2, 0.25) is 0 Å². The summed E-state index contributed by atoms with van der Waals surface area (Å²) in [5.74, 6) is -0.197. The molecule has 2 aromatic heterocycles. The Balaban J connectivity index is 2.19. The van der Waals surface area contributed by atoms with Crippen LogP contribution in [0.25, 0.3) is 16.6 Å². The molecule has 0 saturated carbocycles. The molecule has 0 aliphatic rings. The predicted octanol–water partition coefficient (Wildman–Crippen LogP) is 2.38. The maximum absolute atomic E-state index is 14.4. The molecule has 146 valence electrons. The number of anilines is 2. The largest absolute Gasteiger partial charge is 0.399 e. The van der Waals surface area contributed by atoms with Crippen molar-refractivity contribution in [2.75, 3.05) is 11.1 Å². The first-order valence-corrected chi connectivity index (χ1v) is 8.42. The Bertz CT molecular complexity index is 1220. The number of nitriles is 1. The van der Waals surface area contributed by atoms with Crippen LogP contribution in [0.15, 0.2) is 53.7 Å². The number of nitrogen functional groups attached to an aromatic ring is 1. The van der Waals surface area contributed by atoms with Crippen LogP contribution in [0, 0.1) is 17.1 Å². The summed E-state index contributed by atoms with van der Waals surface area (Å²) in [6.07, 6.45) is 4.96. The third-order valence-corrected chi connectivity index (χ3v) is 4.01. The van der Waals surface area contributed by atoms with Gasteiger partial charge in [0.25, 0.3) is 0 Å². The minimum Gasteiger partial charge on any atom is -0.399 e. The fourth-order valence-electron chi connectivity index (χ4n) is 2.61. The number of aromatic nitrogens is 3. The quantitative estimate of drug-likeness (QED) is 0.217. The average molecular weight is 412 g/mol. The molecule has 3 aromatic rings. The lowest BCUT2D eigenvalue weighted by Crippen LogP contribution is -2.04. The molecule has 0 unspecified atom stereocenters. The second kappa shape index (κ2) is 7.87. The van der Waals surface area contributed by atoms with Crippen molar-refractivity contribution in [3.05, 3.63) is 65.1 Å². The van der Waals surface area contributed by atoms with E-state index >= 15 is 0 Å². The summed E-state index contributed by atoms with van der Waals surface area (Å²) in [6, 6.07) is 4.93. The highest BCUT2D eigenvalue weighted by atomic mass is 35.5. The number of nitrogens with two attached hydrogens (primary N) is 3. The van der Waals surface area contributed by atoms with Gasteiger partial charge in [0.1, 0.15) is 28.9 Å². The zero-order chi connectivity index (χ0) is 21.1. The van der Waals surface area contributed by atoms with E-state index in [1.807, 2.05) is 6.07 Å². The molecule has 1 aromatic carbocycles. The van der Waals surface area contributed by atoms with E-state index in [2.05, 4.69) is 27.0 Å². The Morgan fingerprint density at radius 1 is 1.45 bits per heavy atom. The molecule has 3 rings (SSSR count). The Hall–Kier alpha value is -4.10. The van der Waals surface area contributed by atoms with Gasteiger partial charge in [0.05, 0.1) is 28.5 Å². The van der Waals surface area contributed by atoms with Crippen LogP contribution in [0.2, 0.25) is 5.02 Å². The minimum absolute atomic E-state index is 0.00179. The summed E-state index contributed by atoms with van der Waals surface area (Å²) in [7, 11) is 0. The van der Waals surface area contributed by atoms with Crippen molar-refractivity contribution in [2.24, 2.45) is 16.5 Å². The molecule has 0 aliphatic carbocycles. The molecule has 0 saturated heterocycles. The standard InChI is InChI=1S/C18H15ClFN9/c1-9(23)2-15(26-8-22)27-18-12-7-29(28-16(12)14(20)6-25-18)17-10(5-21)3-11(24)4-13(17)19/h2-4,6-8H,1,23-24H2,(H2,22,26)(H,25,27)/b15-2+. The molecular weight excluding hydrogens is 397 g/mol. The van der Waals surface area contributed by atoms with Crippen LogP contribution in [-0.4, -0.2) is 21.1 Å². The number of fused-ring (bicyclic) bond motifs is 1. The first-order chi connectivity index (χ1) is 13.8. The van der Waals surface area contributed by atoms with Crippen LogP contribution in [0.3, 0.4) is 0 Å². The zero-order valence-electron chi connectivity index (χ0n) is 14.9. The Kier molecular flexibility index (Phi) is 5.34. The lowest BCUT2D eigenvalue weighted by molar-refractivity contribution is 0.629. The van der Waals surface area contributed by atoms with Crippen LogP contribution in [-0.2, 0) is 0 Å². The van der Waals surface area contributed by atoms with Gasteiger partial charge in [-0.3, -0.25) is 0 Å². The lowest BCUT2D eigenvalue weighted by Gasteiger charge is -2.08. The SMILES string of the molecule is C=C(N)/C=C(\N=C/N)Nc1ncc(F)c2nn(-c3c(Cl)cc(N)cc3C#N)cc12. The smallest absolute Gasteiger partial charge is 0.169 e. The number of hydrogen-bond donors (Lipinski definition) is 4. The van der Waals surface area contributed by atoms with Gasteiger partial charge in [0.15, 0.2) is 5.82 Å². The first kappa shape index (κ1) is 19.7. The molecular formula is C18H15ClFN9. The maximum atomic E-state index is 14.4. The van der Waals surface area contributed by atoms with Crippen molar-refractivity contribution < 1.29 is 4.39 Å². The molecule has 0 atom stereocenters. The fourth-order valence-corrected chi connectivity index (χ4v) is 2.92. The second-order valence-corrected chi connectivity index (χ2v) is 6.22. The van der Waals surface area contributed by atoms with E-state index < -0.39 is 5.82 Å². The third kappa shape index (κ3) is 3.95. The van der Waals surface area contributed by atoms with Gasteiger partial charge in [-0.1, -0.05) is 18.2 Å².